The number of amides is 1. The summed E-state index contributed by atoms with van der Waals surface area (Å²) >= 11 is 0. The first kappa shape index (κ1) is 24.6. The van der Waals surface area contributed by atoms with Gasteiger partial charge in [0.1, 0.15) is 11.9 Å². The van der Waals surface area contributed by atoms with Crippen molar-refractivity contribution in [2.24, 2.45) is 5.92 Å². The fraction of sp³-hybridized carbons (Fsp3) is 0.387. The SMILES string of the molecule is CC(C)C(NC(=O)c1ccc2[nH]nc(-c3ccc(OC4CC5CCC(C4)N5C)cc3)c2c1)c1ccccn1. The van der Waals surface area contributed by atoms with Gasteiger partial charge >= 0.3 is 0 Å². The number of hydrogen-bond acceptors (Lipinski definition) is 5. The van der Waals surface area contributed by atoms with Crippen molar-refractivity contribution in [2.45, 2.75) is 63.8 Å². The second kappa shape index (κ2) is 10.2. The van der Waals surface area contributed by atoms with Crippen molar-refractivity contribution in [3.05, 3.63) is 78.1 Å². The molecule has 4 heterocycles. The predicted octanol–water partition coefficient (Wildman–Crippen LogP) is 5.76. The van der Waals surface area contributed by atoms with E-state index in [2.05, 4.69) is 58.4 Å². The second-order valence-corrected chi connectivity index (χ2v) is 11.1. The van der Waals surface area contributed by atoms with E-state index in [1.807, 2.05) is 48.5 Å². The van der Waals surface area contributed by atoms with E-state index in [1.54, 1.807) is 6.20 Å². The van der Waals surface area contributed by atoms with Crippen LogP contribution in [-0.4, -0.2) is 51.2 Å². The van der Waals surface area contributed by atoms with Crippen molar-refractivity contribution in [1.82, 2.24) is 25.4 Å². The van der Waals surface area contributed by atoms with Crippen molar-refractivity contribution in [1.29, 1.82) is 0 Å². The highest BCUT2D eigenvalue weighted by atomic mass is 16.5. The summed E-state index contributed by atoms with van der Waals surface area (Å²) in [6, 6.07) is 20.8. The average Bonchev–Trinajstić information content (AvgIpc) is 3.43. The molecule has 2 aromatic heterocycles. The maximum atomic E-state index is 13.3. The third-order valence-electron chi connectivity index (χ3n) is 8.27. The van der Waals surface area contributed by atoms with Gasteiger partial charge in [0.15, 0.2) is 0 Å². The third-order valence-corrected chi connectivity index (χ3v) is 8.27. The van der Waals surface area contributed by atoms with Crippen LogP contribution < -0.4 is 10.1 Å². The fourth-order valence-electron chi connectivity index (χ4n) is 6.08. The summed E-state index contributed by atoms with van der Waals surface area (Å²) < 4.78 is 6.37. The fourth-order valence-corrected chi connectivity index (χ4v) is 6.08. The van der Waals surface area contributed by atoms with Crippen LogP contribution in [0, 0.1) is 5.92 Å². The largest absolute Gasteiger partial charge is 0.490 e. The molecule has 0 spiro atoms. The Labute approximate surface area is 223 Å². The molecule has 0 saturated carbocycles. The molecule has 2 bridgehead atoms. The minimum absolute atomic E-state index is 0.126. The lowest BCUT2D eigenvalue weighted by molar-refractivity contribution is 0.0662. The number of carbonyl (C=O) groups excluding carboxylic acids is 1. The molecule has 2 aliphatic heterocycles. The zero-order valence-corrected chi connectivity index (χ0v) is 22.2. The van der Waals surface area contributed by atoms with E-state index in [0.717, 1.165) is 46.4 Å². The quantitative estimate of drug-likeness (QED) is 0.331. The molecule has 3 atom stereocenters. The number of ether oxygens (including phenoxy) is 1. The Bertz CT molecular complexity index is 1400. The van der Waals surface area contributed by atoms with E-state index in [4.69, 9.17) is 4.74 Å². The van der Waals surface area contributed by atoms with Crippen LogP contribution >= 0.6 is 0 Å². The van der Waals surface area contributed by atoms with Crippen LogP contribution in [0.2, 0.25) is 0 Å². The Morgan fingerprint density at radius 3 is 2.50 bits per heavy atom. The Balaban J connectivity index is 1.19. The smallest absolute Gasteiger partial charge is 0.251 e. The van der Waals surface area contributed by atoms with Gasteiger partial charge in [-0.05, 0) is 93.2 Å². The van der Waals surface area contributed by atoms with Gasteiger partial charge in [0, 0.05) is 34.8 Å². The number of hydrogen-bond donors (Lipinski definition) is 2. The lowest BCUT2D eigenvalue weighted by Crippen LogP contribution is -2.43. The molecule has 7 heteroatoms. The normalized spacial score (nSPS) is 22.1. The summed E-state index contributed by atoms with van der Waals surface area (Å²) in [4.78, 5) is 20.2. The summed E-state index contributed by atoms with van der Waals surface area (Å²) in [7, 11) is 2.25. The summed E-state index contributed by atoms with van der Waals surface area (Å²) in [6.45, 7) is 4.17. The molecule has 6 rings (SSSR count). The number of H-pyrrole nitrogens is 1. The van der Waals surface area contributed by atoms with E-state index in [-0.39, 0.29) is 24.0 Å². The van der Waals surface area contributed by atoms with Crippen molar-refractivity contribution < 1.29 is 9.53 Å². The van der Waals surface area contributed by atoms with Crippen molar-refractivity contribution in [3.8, 4) is 17.0 Å². The summed E-state index contributed by atoms with van der Waals surface area (Å²) in [5, 5.41) is 11.8. The third kappa shape index (κ3) is 4.78. The standard InChI is InChI=1S/C31H35N5O2/c1-19(2)29(28-6-4-5-15-32-28)33-31(37)21-9-14-27-26(16-21)30(35-34-27)20-7-12-24(13-8-20)38-25-17-22-10-11-23(18-25)36(22)3/h4-9,12-16,19,22-23,25,29H,10-11,17-18H2,1-3H3,(H,33,37)(H,34,35). The molecule has 38 heavy (non-hydrogen) atoms. The van der Waals surface area contributed by atoms with Crippen LogP contribution in [0.25, 0.3) is 22.2 Å². The van der Waals surface area contributed by atoms with Gasteiger partial charge in [-0.3, -0.25) is 14.9 Å². The van der Waals surface area contributed by atoms with Crippen LogP contribution in [0.15, 0.2) is 66.9 Å². The summed E-state index contributed by atoms with van der Waals surface area (Å²) in [5.41, 5.74) is 4.15. The first-order chi connectivity index (χ1) is 18.5. The molecular weight excluding hydrogens is 474 g/mol. The summed E-state index contributed by atoms with van der Waals surface area (Å²) in [6.07, 6.45) is 6.81. The Hall–Kier alpha value is -3.71. The average molecular weight is 510 g/mol. The number of aromatic nitrogens is 3. The molecule has 2 aliphatic rings. The molecule has 2 fully saturated rings. The van der Waals surface area contributed by atoms with Crippen molar-refractivity contribution >= 4 is 16.8 Å². The number of benzene rings is 2. The first-order valence-corrected chi connectivity index (χ1v) is 13.6. The van der Waals surface area contributed by atoms with Gasteiger partial charge in [0.2, 0.25) is 0 Å². The number of nitrogens with one attached hydrogen (secondary N) is 2. The predicted molar refractivity (Wildman–Crippen MR) is 149 cm³/mol. The number of fused-ring (bicyclic) bond motifs is 3. The monoisotopic (exact) mass is 509 g/mol. The number of aromatic amines is 1. The van der Waals surface area contributed by atoms with E-state index < -0.39 is 0 Å². The number of piperidine rings is 1. The Kier molecular flexibility index (Phi) is 6.62. The van der Waals surface area contributed by atoms with E-state index in [1.165, 1.54) is 12.8 Å². The minimum atomic E-state index is -0.171. The number of pyridine rings is 1. The molecule has 196 valence electrons. The highest BCUT2D eigenvalue weighted by Gasteiger charge is 2.39. The Morgan fingerprint density at radius 1 is 1.05 bits per heavy atom. The van der Waals surface area contributed by atoms with Crippen LogP contribution in [0.4, 0.5) is 0 Å². The maximum absolute atomic E-state index is 13.3. The zero-order chi connectivity index (χ0) is 26.2. The van der Waals surface area contributed by atoms with Crippen LogP contribution in [-0.2, 0) is 0 Å². The highest BCUT2D eigenvalue weighted by molar-refractivity contribution is 6.01. The number of rotatable bonds is 7. The van der Waals surface area contributed by atoms with Crippen molar-refractivity contribution in [3.63, 3.8) is 0 Å². The first-order valence-electron chi connectivity index (χ1n) is 13.6. The van der Waals surface area contributed by atoms with E-state index >= 15 is 0 Å². The van der Waals surface area contributed by atoms with Crippen molar-refractivity contribution in [2.75, 3.05) is 7.05 Å². The van der Waals surface area contributed by atoms with Crippen LogP contribution in [0.3, 0.4) is 0 Å². The molecule has 0 radical (unpaired) electrons. The van der Waals surface area contributed by atoms with Gasteiger partial charge in [0.05, 0.1) is 22.9 Å². The Morgan fingerprint density at radius 2 is 1.82 bits per heavy atom. The van der Waals surface area contributed by atoms with Gasteiger partial charge in [-0.15, -0.1) is 0 Å². The number of carbonyl (C=O) groups is 1. The number of nitrogens with zero attached hydrogens (tertiary/aromatic N) is 3. The molecule has 4 aromatic rings. The molecule has 1 amide bonds. The van der Waals surface area contributed by atoms with Gasteiger partial charge in [0.25, 0.3) is 5.91 Å². The molecule has 2 saturated heterocycles. The van der Waals surface area contributed by atoms with Crippen LogP contribution in [0.1, 0.15) is 61.6 Å². The molecule has 2 aromatic carbocycles. The van der Waals surface area contributed by atoms with Gasteiger partial charge in [-0.2, -0.15) is 5.10 Å². The molecule has 0 aliphatic carbocycles. The molecule has 3 unspecified atom stereocenters. The zero-order valence-electron chi connectivity index (χ0n) is 22.2. The molecule has 7 nitrogen and oxygen atoms in total. The van der Waals surface area contributed by atoms with Gasteiger partial charge in [-0.25, -0.2) is 0 Å². The van der Waals surface area contributed by atoms with Crippen LogP contribution in [0.5, 0.6) is 5.75 Å². The second-order valence-electron chi connectivity index (χ2n) is 11.1. The molecule has 2 N–H and O–H groups in total. The van der Waals surface area contributed by atoms with E-state index in [9.17, 15) is 4.79 Å². The maximum Gasteiger partial charge on any atom is 0.251 e. The van der Waals surface area contributed by atoms with Gasteiger partial charge in [-0.1, -0.05) is 19.9 Å². The summed E-state index contributed by atoms with van der Waals surface area (Å²) in [5.74, 6) is 0.976. The lowest BCUT2D eigenvalue weighted by atomic mass is 9.99. The van der Waals surface area contributed by atoms with E-state index in [0.29, 0.717) is 17.6 Å². The highest BCUT2D eigenvalue weighted by Crippen LogP contribution is 2.36. The van der Waals surface area contributed by atoms with Gasteiger partial charge < -0.3 is 15.0 Å². The lowest BCUT2D eigenvalue weighted by Gasteiger charge is -2.36. The minimum Gasteiger partial charge on any atom is -0.490 e. The topological polar surface area (TPSA) is 83.1 Å². The molecular formula is C31H35N5O2.